The molecular formula is C22H22N2O3. The van der Waals surface area contributed by atoms with Crippen molar-refractivity contribution in [2.75, 3.05) is 18.5 Å². The molecule has 0 amide bonds. The Morgan fingerprint density at radius 3 is 3.04 bits per heavy atom. The molecular weight excluding hydrogens is 340 g/mol. The summed E-state index contributed by atoms with van der Waals surface area (Å²) >= 11 is 0. The molecule has 2 aliphatic rings. The third kappa shape index (κ3) is 3.90. The van der Waals surface area contributed by atoms with E-state index in [0.29, 0.717) is 24.8 Å². The van der Waals surface area contributed by atoms with Crippen LogP contribution in [0, 0.1) is 23.7 Å². The van der Waals surface area contributed by atoms with Crippen LogP contribution in [-0.4, -0.2) is 29.2 Å². The largest absolute Gasteiger partial charge is 0.493 e. The van der Waals surface area contributed by atoms with Crippen LogP contribution in [0.15, 0.2) is 36.7 Å². The molecule has 2 aromatic rings. The molecule has 27 heavy (non-hydrogen) atoms. The first kappa shape index (κ1) is 17.4. The van der Waals surface area contributed by atoms with Crippen LogP contribution in [0.2, 0.25) is 0 Å². The van der Waals surface area contributed by atoms with Crippen molar-refractivity contribution in [2.24, 2.45) is 11.8 Å². The lowest BCUT2D eigenvalue weighted by molar-refractivity contribution is 0.0697. The molecule has 1 aliphatic carbocycles. The highest BCUT2D eigenvalue weighted by molar-refractivity contribution is 5.93. The molecule has 0 bridgehead atoms. The van der Waals surface area contributed by atoms with E-state index >= 15 is 0 Å². The Morgan fingerprint density at radius 2 is 2.26 bits per heavy atom. The Hall–Kier alpha value is -3.00. The van der Waals surface area contributed by atoms with Gasteiger partial charge in [-0.1, -0.05) is 24.8 Å². The van der Waals surface area contributed by atoms with Gasteiger partial charge in [-0.25, -0.2) is 4.79 Å². The summed E-state index contributed by atoms with van der Waals surface area (Å²) in [6, 6.07) is 7.67. The SMILES string of the molecule is CC1CC1C#Cc1ccc2c(c1)OCCC2CNc1cnccc1C(=O)O. The summed E-state index contributed by atoms with van der Waals surface area (Å²) in [5, 5.41) is 12.5. The average Bonchev–Trinajstić information content (AvgIpc) is 3.39. The molecule has 1 saturated carbocycles. The molecule has 3 atom stereocenters. The van der Waals surface area contributed by atoms with Crippen LogP contribution in [-0.2, 0) is 0 Å². The maximum absolute atomic E-state index is 11.3. The second-order valence-corrected chi connectivity index (χ2v) is 7.28. The number of aromatic nitrogens is 1. The topological polar surface area (TPSA) is 71.5 Å². The van der Waals surface area contributed by atoms with Crippen LogP contribution >= 0.6 is 0 Å². The van der Waals surface area contributed by atoms with Crippen molar-refractivity contribution >= 4 is 11.7 Å². The Labute approximate surface area is 158 Å². The number of fused-ring (bicyclic) bond motifs is 1. The Bertz CT molecular complexity index is 929. The van der Waals surface area contributed by atoms with Crippen molar-refractivity contribution in [1.29, 1.82) is 0 Å². The highest BCUT2D eigenvalue weighted by Gasteiger charge is 2.30. The normalized spacial score (nSPS) is 22.6. The van der Waals surface area contributed by atoms with E-state index in [1.165, 1.54) is 18.7 Å². The Balaban J connectivity index is 1.48. The van der Waals surface area contributed by atoms with Crippen molar-refractivity contribution in [3.8, 4) is 17.6 Å². The van der Waals surface area contributed by atoms with Gasteiger partial charge in [0.15, 0.2) is 0 Å². The molecule has 1 aliphatic heterocycles. The van der Waals surface area contributed by atoms with E-state index < -0.39 is 5.97 Å². The lowest BCUT2D eigenvalue weighted by Gasteiger charge is -2.26. The molecule has 4 rings (SSSR count). The van der Waals surface area contributed by atoms with Crippen LogP contribution < -0.4 is 10.1 Å². The third-order valence-corrected chi connectivity index (χ3v) is 5.28. The minimum Gasteiger partial charge on any atom is -0.493 e. The molecule has 2 heterocycles. The number of pyridine rings is 1. The minimum atomic E-state index is -0.958. The zero-order valence-electron chi connectivity index (χ0n) is 15.2. The molecule has 0 spiro atoms. The fourth-order valence-corrected chi connectivity index (χ4v) is 3.41. The van der Waals surface area contributed by atoms with Crippen LogP contribution in [0.25, 0.3) is 0 Å². The number of ether oxygens (including phenoxy) is 1. The van der Waals surface area contributed by atoms with Gasteiger partial charge in [0.05, 0.1) is 24.1 Å². The van der Waals surface area contributed by atoms with Gasteiger partial charge in [0.1, 0.15) is 5.75 Å². The zero-order chi connectivity index (χ0) is 18.8. The van der Waals surface area contributed by atoms with Gasteiger partial charge in [0.25, 0.3) is 0 Å². The number of benzene rings is 1. The summed E-state index contributed by atoms with van der Waals surface area (Å²) in [6.07, 6.45) is 5.13. The summed E-state index contributed by atoms with van der Waals surface area (Å²) in [7, 11) is 0. The van der Waals surface area contributed by atoms with Gasteiger partial charge >= 0.3 is 5.97 Å². The van der Waals surface area contributed by atoms with Crippen LogP contribution in [0.1, 0.15) is 47.2 Å². The predicted molar refractivity (Wildman–Crippen MR) is 103 cm³/mol. The highest BCUT2D eigenvalue weighted by atomic mass is 16.5. The number of carboxylic acid groups (broad SMARTS) is 1. The quantitative estimate of drug-likeness (QED) is 0.810. The maximum atomic E-state index is 11.3. The first-order chi connectivity index (χ1) is 13.1. The molecule has 5 heteroatoms. The van der Waals surface area contributed by atoms with E-state index in [-0.39, 0.29) is 11.5 Å². The summed E-state index contributed by atoms with van der Waals surface area (Å²) in [5.41, 5.74) is 2.90. The molecule has 0 radical (unpaired) electrons. The molecule has 1 aromatic heterocycles. The van der Waals surface area contributed by atoms with Gasteiger partial charge in [-0.15, -0.1) is 0 Å². The molecule has 3 unspecified atom stereocenters. The number of hydrogen-bond acceptors (Lipinski definition) is 4. The molecule has 138 valence electrons. The molecule has 1 fully saturated rings. The van der Waals surface area contributed by atoms with E-state index in [2.05, 4.69) is 35.1 Å². The molecule has 0 saturated heterocycles. The lowest BCUT2D eigenvalue weighted by atomic mass is 9.92. The highest BCUT2D eigenvalue weighted by Crippen LogP contribution is 2.37. The standard InChI is InChI=1S/C22H22N2O3/c1-14-10-16(14)4-2-15-3-5-18-17(7-9-27-21(18)11-15)12-24-20-13-23-8-6-19(20)22(25)26/h3,5-6,8,11,13-14,16-17,24H,7,9-10,12H2,1H3,(H,25,26). The van der Waals surface area contributed by atoms with Gasteiger partial charge in [-0.3, -0.25) is 4.98 Å². The second-order valence-electron chi connectivity index (χ2n) is 7.28. The lowest BCUT2D eigenvalue weighted by Crippen LogP contribution is -2.21. The fourth-order valence-electron chi connectivity index (χ4n) is 3.41. The van der Waals surface area contributed by atoms with Gasteiger partial charge in [0, 0.05) is 30.1 Å². The van der Waals surface area contributed by atoms with E-state index in [0.717, 1.165) is 29.2 Å². The summed E-state index contributed by atoms with van der Waals surface area (Å²) < 4.78 is 5.85. The van der Waals surface area contributed by atoms with Crippen molar-refractivity contribution in [3.05, 3.63) is 53.3 Å². The first-order valence-electron chi connectivity index (χ1n) is 9.31. The molecule has 2 N–H and O–H groups in total. The van der Waals surface area contributed by atoms with Crippen molar-refractivity contribution in [2.45, 2.75) is 25.7 Å². The van der Waals surface area contributed by atoms with E-state index in [1.807, 2.05) is 12.1 Å². The van der Waals surface area contributed by atoms with Gasteiger partial charge in [-0.2, -0.15) is 0 Å². The Kier molecular flexibility index (Phi) is 4.72. The summed E-state index contributed by atoms with van der Waals surface area (Å²) in [6.45, 7) is 3.51. The number of nitrogens with one attached hydrogen (secondary N) is 1. The number of rotatable bonds is 4. The van der Waals surface area contributed by atoms with Gasteiger partial charge in [0.2, 0.25) is 0 Å². The summed E-state index contributed by atoms with van der Waals surface area (Å²) in [5.74, 6) is 8.03. The molecule has 5 nitrogen and oxygen atoms in total. The number of carbonyl (C=O) groups is 1. The van der Waals surface area contributed by atoms with E-state index in [9.17, 15) is 9.90 Å². The van der Waals surface area contributed by atoms with Crippen LogP contribution in [0.4, 0.5) is 5.69 Å². The average molecular weight is 362 g/mol. The van der Waals surface area contributed by atoms with Gasteiger partial charge in [-0.05, 0) is 42.5 Å². The van der Waals surface area contributed by atoms with Crippen molar-refractivity contribution in [3.63, 3.8) is 0 Å². The van der Waals surface area contributed by atoms with Crippen LogP contribution in [0.3, 0.4) is 0 Å². The predicted octanol–water partition coefficient (Wildman–Crippen LogP) is 3.77. The van der Waals surface area contributed by atoms with Gasteiger partial charge < -0.3 is 15.2 Å². The van der Waals surface area contributed by atoms with Crippen molar-refractivity contribution in [1.82, 2.24) is 4.98 Å². The number of aromatic carboxylic acids is 1. The number of carboxylic acids is 1. The van der Waals surface area contributed by atoms with E-state index in [1.54, 1.807) is 6.20 Å². The minimum absolute atomic E-state index is 0.234. The third-order valence-electron chi connectivity index (χ3n) is 5.28. The smallest absolute Gasteiger partial charge is 0.337 e. The number of anilines is 1. The Morgan fingerprint density at radius 1 is 1.41 bits per heavy atom. The van der Waals surface area contributed by atoms with Crippen molar-refractivity contribution < 1.29 is 14.6 Å². The maximum Gasteiger partial charge on any atom is 0.337 e. The number of nitrogens with zero attached hydrogens (tertiary/aromatic N) is 1. The summed E-state index contributed by atoms with van der Waals surface area (Å²) in [4.78, 5) is 15.4. The van der Waals surface area contributed by atoms with E-state index in [4.69, 9.17) is 4.74 Å². The monoisotopic (exact) mass is 362 g/mol. The molecule has 1 aromatic carbocycles. The fraction of sp³-hybridized carbons (Fsp3) is 0.364. The van der Waals surface area contributed by atoms with Crippen LogP contribution in [0.5, 0.6) is 5.75 Å². The zero-order valence-corrected chi connectivity index (χ0v) is 15.2. The first-order valence-corrected chi connectivity index (χ1v) is 9.31. The number of hydrogen-bond donors (Lipinski definition) is 2. The second kappa shape index (κ2) is 7.32.